The molecule has 2 aromatic carbocycles. The molecule has 1 heterocycles. The molecule has 0 fully saturated rings. The Labute approximate surface area is 185 Å². The zero-order valence-corrected chi connectivity index (χ0v) is 18.9. The molecule has 0 saturated heterocycles. The van der Waals surface area contributed by atoms with Gasteiger partial charge in [0.05, 0.1) is 14.2 Å². The molecule has 158 valence electrons. The first kappa shape index (κ1) is 21.9. The zero-order valence-electron chi connectivity index (χ0n) is 17.3. The van der Waals surface area contributed by atoms with Gasteiger partial charge in [-0.15, -0.1) is 0 Å². The SMILES string of the molecule is COc1cc(Br)c(CCC(=O)N2C=CN(C)C(=O)[C@@H]2Cc2ccccc2)cc1OC. The van der Waals surface area contributed by atoms with Gasteiger partial charge in [-0.25, -0.2) is 0 Å². The average molecular weight is 473 g/mol. The topological polar surface area (TPSA) is 59.1 Å². The lowest BCUT2D eigenvalue weighted by Crippen LogP contribution is -2.50. The van der Waals surface area contributed by atoms with Crippen molar-refractivity contribution in [2.75, 3.05) is 21.3 Å². The predicted molar refractivity (Wildman–Crippen MR) is 118 cm³/mol. The number of rotatable bonds is 7. The number of aryl methyl sites for hydroxylation is 1. The van der Waals surface area contributed by atoms with Crippen LogP contribution in [0.5, 0.6) is 11.5 Å². The van der Waals surface area contributed by atoms with Gasteiger partial charge in [0, 0.05) is 36.8 Å². The normalized spacial score (nSPS) is 16.0. The summed E-state index contributed by atoms with van der Waals surface area (Å²) in [6.45, 7) is 0. The molecular formula is C23H25BrN2O4. The van der Waals surface area contributed by atoms with Crippen molar-refractivity contribution in [1.29, 1.82) is 0 Å². The van der Waals surface area contributed by atoms with Crippen molar-refractivity contribution < 1.29 is 19.1 Å². The predicted octanol–water partition coefficient (Wildman–Crippen LogP) is 3.78. The van der Waals surface area contributed by atoms with Crippen molar-refractivity contribution in [2.45, 2.75) is 25.3 Å². The molecule has 0 saturated carbocycles. The lowest BCUT2D eigenvalue weighted by molar-refractivity contribution is -0.142. The smallest absolute Gasteiger partial charge is 0.249 e. The average Bonchev–Trinajstić information content (AvgIpc) is 2.76. The second-order valence-corrected chi connectivity index (χ2v) is 7.91. The molecule has 1 aliphatic rings. The first-order valence-electron chi connectivity index (χ1n) is 9.65. The molecule has 2 aromatic rings. The van der Waals surface area contributed by atoms with Gasteiger partial charge in [0.25, 0.3) is 0 Å². The number of likely N-dealkylation sites (N-methyl/N-ethyl adjacent to an activating group) is 1. The van der Waals surface area contributed by atoms with Gasteiger partial charge in [-0.3, -0.25) is 9.59 Å². The van der Waals surface area contributed by atoms with Crippen LogP contribution in [0.3, 0.4) is 0 Å². The van der Waals surface area contributed by atoms with Gasteiger partial charge in [-0.2, -0.15) is 0 Å². The maximum absolute atomic E-state index is 13.0. The maximum atomic E-state index is 13.0. The van der Waals surface area contributed by atoms with Crippen molar-refractivity contribution in [1.82, 2.24) is 9.80 Å². The van der Waals surface area contributed by atoms with Crippen molar-refractivity contribution in [3.8, 4) is 11.5 Å². The van der Waals surface area contributed by atoms with Crippen molar-refractivity contribution >= 4 is 27.7 Å². The van der Waals surface area contributed by atoms with Crippen LogP contribution < -0.4 is 9.47 Å². The Bertz CT molecular complexity index is 946. The van der Waals surface area contributed by atoms with E-state index in [0.717, 1.165) is 15.6 Å². The number of hydrogen-bond donors (Lipinski definition) is 0. The molecule has 2 amide bonds. The number of ether oxygens (including phenoxy) is 2. The van der Waals surface area contributed by atoms with E-state index in [9.17, 15) is 9.59 Å². The Kier molecular flexibility index (Phi) is 7.15. The molecule has 0 bridgehead atoms. The van der Waals surface area contributed by atoms with E-state index in [2.05, 4.69) is 15.9 Å². The van der Waals surface area contributed by atoms with Crippen LogP contribution in [0.4, 0.5) is 0 Å². The largest absolute Gasteiger partial charge is 0.493 e. The van der Waals surface area contributed by atoms with Crippen LogP contribution in [-0.2, 0) is 22.4 Å². The van der Waals surface area contributed by atoms with E-state index in [0.29, 0.717) is 24.3 Å². The van der Waals surface area contributed by atoms with Gasteiger partial charge in [0.15, 0.2) is 11.5 Å². The number of amides is 2. The Hall–Kier alpha value is -2.80. The molecule has 3 rings (SSSR count). The Balaban J connectivity index is 1.76. The van der Waals surface area contributed by atoms with Crippen LogP contribution in [0.15, 0.2) is 59.3 Å². The van der Waals surface area contributed by atoms with Gasteiger partial charge in [0.2, 0.25) is 11.8 Å². The first-order valence-corrected chi connectivity index (χ1v) is 10.4. The molecule has 7 heteroatoms. The summed E-state index contributed by atoms with van der Waals surface area (Å²) in [4.78, 5) is 28.9. The highest BCUT2D eigenvalue weighted by molar-refractivity contribution is 9.10. The lowest BCUT2D eigenvalue weighted by atomic mass is 10.0. The fourth-order valence-corrected chi connectivity index (χ4v) is 3.96. The zero-order chi connectivity index (χ0) is 21.7. The Morgan fingerprint density at radius 1 is 1.07 bits per heavy atom. The van der Waals surface area contributed by atoms with Crippen molar-refractivity contribution in [3.05, 3.63) is 70.5 Å². The summed E-state index contributed by atoms with van der Waals surface area (Å²) in [7, 11) is 4.87. The highest BCUT2D eigenvalue weighted by atomic mass is 79.9. The van der Waals surface area contributed by atoms with Gasteiger partial charge in [-0.05, 0) is 29.7 Å². The molecule has 6 nitrogen and oxygen atoms in total. The van der Waals surface area contributed by atoms with Crippen molar-refractivity contribution in [3.63, 3.8) is 0 Å². The van der Waals surface area contributed by atoms with Crippen LogP contribution in [0.2, 0.25) is 0 Å². The monoisotopic (exact) mass is 472 g/mol. The molecule has 0 aliphatic carbocycles. The van der Waals surface area contributed by atoms with Gasteiger partial charge in [0.1, 0.15) is 6.04 Å². The third kappa shape index (κ3) is 4.84. The summed E-state index contributed by atoms with van der Waals surface area (Å²) < 4.78 is 11.5. The molecule has 0 unspecified atom stereocenters. The van der Waals surface area contributed by atoms with Gasteiger partial charge >= 0.3 is 0 Å². The summed E-state index contributed by atoms with van der Waals surface area (Å²) in [5.41, 5.74) is 1.95. The molecular weight excluding hydrogens is 448 g/mol. The standard InChI is InChI=1S/C23H25BrN2O4/c1-25-11-12-26(19(23(25)28)13-16-7-5-4-6-8-16)22(27)10-9-17-14-20(29-2)21(30-3)15-18(17)24/h4-8,11-12,14-15,19H,9-10,13H2,1-3H3/t19-/m0/s1. The molecule has 0 aromatic heterocycles. The third-order valence-corrected chi connectivity index (χ3v) is 5.88. The van der Waals surface area contributed by atoms with E-state index in [1.807, 2.05) is 42.5 Å². The molecule has 30 heavy (non-hydrogen) atoms. The summed E-state index contributed by atoms with van der Waals surface area (Å²) >= 11 is 3.54. The summed E-state index contributed by atoms with van der Waals surface area (Å²) in [5, 5.41) is 0. The van der Waals surface area contributed by atoms with Gasteiger partial charge in [-0.1, -0.05) is 46.3 Å². The highest BCUT2D eigenvalue weighted by Gasteiger charge is 2.33. The number of halogens is 1. The number of methoxy groups -OCH3 is 2. The number of benzene rings is 2. The number of carbonyl (C=O) groups excluding carboxylic acids is 2. The maximum Gasteiger partial charge on any atom is 0.249 e. The summed E-state index contributed by atoms with van der Waals surface area (Å²) in [6.07, 6.45) is 4.57. The fraction of sp³-hybridized carbons (Fsp3) is 0.304. The van der Waals surface area contributed by atoms with Gasteiger partial charge < -0.3 is 19.3 Å². The number of hydrogen-bond acceptors (Lipinski definition) is 4. The minimum Gasteiger partial charge on any atom is -0.493 e. The molecule has 0 radical (unpaired) electrons. The van der Waals surface area contributed by atoms with E-state index >= 15 is 0 Å². The highest BCUT2D eigenvalue weighted by Crippen LogP contribution is 2.34. The third-order valence-electron chi connectivity index (χ3n) is 5.14. The second-order valence-electron chi connectivity index (χ2n) is 7.05. The Morgan fingerprint density at radius 2 is 1.73 bits per heavy atom. The molecule has 1 aliphatic heterocycles. The van der Waals surface area contributed by atoms with E-state index in [4.69, 9.17) is 9.47 Å². The van der Waals surface area contributed by atoms with Crippen LogP contribution in [0, 0.1) is 0 Å². The number of nitrogens with zero attached hydrogens (tertiary/aromatic N) is 2. The summed E-state index contributed by atoms with van der Waals surface area (Å²) in [5.74, 6) is 1.03. The van der Waals surface area contributed by atoms with E-state index < -0.39 is 6.04 Å². The minimum absolute atomic E-state index is 0.0954. The quantitative estimate of drug-likeness (QED) is 0.614. The van der Waals surface area contributed by atoms with E-state index in [1.165, 1.54) is 4.90 Å². The van der Waals surface area contributed by atoms with Crippen molar-refractivity contribution in [2.24, 2.45) is 0 Å². The fourth-order valence-electron chi connectivity index (χ4n) is 3.44. The van der Waals surface area contributed by atoms with Crippen LogP contribution in [0.25, 0.3) is 0 Å². The van der Waals surface area contributed by atoms with E-state index in [1.54, 1.807) is 38.6 Å². The van der Waals surface area contributed by atoms with E-state index in [-0.39, 0.29) is 18.2 Å². The Morgan fingerprint density at radius 3 is 2.40 bits per heavy atom. The molecule has 1 atom stereocenters. The lowest BCUT2D eigenvalue weighted by Gasteiger charge is -2.34. The molecule has 0 spiro atoms. The minimum atomic E-state index is -0.552. The van der Waals surface area contributed by atoms with Crippen LogP contribution in [-0.4, -0.2) is 48.9 Å². The molecule has 0 N–H and O–H groups in total. The first-order chi connectivity index (χ1) is 14.4. The second kappa shape index (κ2) is 9.80. The summed E-state index contributed by atoms with van der Waals surface area (Å²) in [6, 6.07) is 12.9. The number of carbonyl (C=O) groups is 2. The van der Waals surface area contributed by atoms with Crippen LogP contribution >= 0.6 is 15.9 Å². The van der Waals surface area contributed by atoms with Crippen LogP contribution in [0.1, 0.15) is 17.5 Å².